The molecule has 0 aromatic rings. The van der Waals surface area contributed by atoms with Crippen LogP contribution in [0.3, 0.4) is 0 Å². The molecule has 6 heteroatoms. The van der Waals surface area contributed by atoms with Crippen LogP contribution in [0.25, 0.3) is 0 Å². The van der Waals surface area contributed by atoms with Crippen LogP contribution in [0.2, 0.25) is 0 Å². The third kappa shape index (κ3) is 4.90. The van der Waals surface area contributed by atoms with Crippen LogP contribution in [0.5, 0.6) is 0 Å². The molecule has 142 valence electrons. The van der Waals surface area contributed by atoms with E-state index in [0.29, 0.717) is 5.92 Å². The number of piperidine rings is 2. The summed E-state index contributed by atoms with van der Waals surface area (Å²) in [4.78, 5) is 7.15. The molecule has 0 amide bonds. The van der Waals surface area contributed by atoms with Crippen molar-refractivity contribution in [3.05, 3.63) is 11.4 Å². The summed E-state index contributed by atoms with van der Waals surface area (Å²) in [5.74, 6) is 1.56. The lowest BCUT2D eigenvalue weighted by Crippen LogP contribution is -2.36. The number of likely N-dealkylation sites (tertiary alicyclic amines) is 1. The van der Waals surface area contributed by atoms with Crippen molar-refractivity contribution in [3.63, 3.8) is 0 Å². The van der Waals surface area contributed by atoms with Gasteiger partial charge < -0.3 is 20.0 Å². The summed E-state index contributed by atoms with van der Waals surface area (Å²) in [7, 11) is 0. The zero-order valence-corrected chi connectivity index (χ0v) is 15.9. The molecule has 0 bridgehead atoms. The molecule has 3 aliphatic heterocycles. The molecule has 0 atom stereocenters. The van der Waals surface area contributed by atoms with Gasteiger partial charge in [0.15, 0.2) is 5.57 Å². The van der Waals surface area contributed by atoms with Gasteiger partial charge in [0.1, 0.15) is 18.0 Å². The average molecular weight is 357 g/mol. The predicted molar refractivity (Wildman–Crippen MR) is 102 cm³/mol. The molecule has 6 nitrogen and oxygen atoms in total. The van der Waals surface area contributed by atoms with Crippen LogP contribution < -0.4 is 5.32 Å². The standard InChI is InChI=1S/C20H32N6/c21-15-19(16-22)20-25(12-4-11-24-9-2-1-3-10-24)13-14-26(20)17-18-5-7-23-8-6-18/h18,23H,1-14,17H2. The van der Waals surface area contributed by atoms with Gasteiger partial charge in [-0.3, -0.25) is 0 Å². The Morgan fingerprint density at radius 3 is 2.31 bits per heavy atom. The predicted octanol–water partition coefficient (Wildman–Crippen LogP) is 1.74. The lowest BCUT2D eigenvalue weighted by atomic mass is 9.97. The van der Waals surface area contributed by atoms with E-state index in [2.05, 4.69) is 32.2 Å². The molecule has 3 saturated heterocycles. The monoisotopic (exact) mass is 356 g/mol. The van der Waals surface area contributed by atoms with Gasteiger partial charge in [0, 0.05) is 26.2 Å². The molecule has 3 fully saturated rings. The van der Waals surface area contributed by atoms with Gasteiger partial charge in [0.05, 0.1) is 0 Å². The molecule has 0 radical (unpaired) electrons. The van der Waals surface area contributed by atoms with E-state index in [0.717, 1.165) is 58.1 Å². The van der Waals surface area contributed by atoms with E-state index in [1.165, 1.54) is 45.2 Å². The van der Waals surface area contributed by atoms with Crippen molar-refractivity contribution >= 4 is 0 Å². The molecule has 26 heavy (non-hydrogen) atoms. The minimum Gasteiger partial charge on any atom is -0.355 e. The largest absolute Gasteiger partial charge is 0.355 e. The molecule has 0 aliphatic carbocycles. The first-order valence-corrected chi connectivity index (χ1v) is 10.3. The number of rotatable bonds is 6. The van der Waals surface area contributed by atoms with Crippen LogP contribution in [0.15, 0.2) is 11.4 Å². The summed E-state index contributed by atoms with van der Waals surface area (Å²) < 4.78 is 0. The molecule has 0 spiro atoms. The molecule has 0 unspecified atom stereocenters. The molecule has 0 aromatic heterocycles. The number of nitrogens with zero attached hydrogens (tertiary/aromatic N) is 5. The van der Waals surface area contributed by atoms with E-state index in [1.54, 1.807) is 0 Å². The van der Waals surface area contributed by atoms with Crippen LogP contribution in [0.1, 0.15) is 38.5 Å². The maximum Gasteiger partial charge on any atom is 0.169 e. The summed E-state index contributed by atoms with van der Waals surface area (Å²) in [5.41, 5.74) is 0.286. The van der Waals surface area contributed by atoms with Gasteiger partial charge in [-0.1, -0.05) is 6.42 Å². The molecule has 0 saturated carbocycles. The number of hydrogen-bond acceptors (Lipinski definition) is 6. The fraction of sp³-hybridized carbons (Fsp3) is 0.800. The summed E-state index contributed by atoms with van der Waals surface area (Å²) in [5, 5.41) is 22.3. The second kappa shape index (κ2) is 9.80. The highest BCUT2D eigenvalue weighted by Crippen LogP contribution is 2.25. The third-order valence-corrected chi connectivity index (χ3v) is 5.97. The number of nitrogens with one attached hydrogen (secondary N) is 1. The van der Waals surface area contributed by atoms with Gasteiger partial charge >= 0.3 is 0 Å². The topological polar surface area (TPSA) is 69.3 Å². The van der Waals surface area contributed by atoms with Gasteiger partial charge in [-0.15, -0.1) is 0 Å². The van der Waals surface area contributed by atoms with Gasteiger partial charge in [0.2, 0.25) is 0 Å². The Morgan fingerprint density at radius 1 is 0.923 bits per heavy atom. The summed E-state index contributed by atoms with van der Waals surface area (Å²) in [6.07, 6.45) is 7.50. The fourth-order valence-corrected chi connectivity index (χ4v) is 4.53. The van der Waals surface area contributed by atoms with Gasteiger partial charge in [0.25, 0.3) is 0 Å². The maximum atomic E-state index is 9.46. The van der Waals surface area contributed by atoms with Crippen molar-refractivity contribution in [1.82, 2.24) is 20.0 Å². The van der Waals surface area contributed by atoms with E-state index >= 15 is 0 Å². The summed E-state index contributed by atoms with van der Waals surface area (Å²) in [6, 6.07) is 4.29. The number of allylic oxidation sites excluding steroid dienone is 1. The zero-order valence-electron chi connectivity index (χ0n) is 15.9. The highest BCUT2D eigenvalue weighted by atomic mass is 15.4. The smallest absolute Gasteiger partial charge is 0.169 e. The van der Waals surface area contributed by atoms with Gasteiger partial charge in [-0.25, -0.2) is 0 Å². The normalized spacial score (nSPS) is 22.3. The highest BCUT2D eigenvalue weighted by Gasteiger charge is 2.30. The average Bonchev–Trinajstić information content (AvgIpc) is 3.07. The van der Waals surface area contributed by atoms with Gasteiger partial charge in [-0.2, -0.15) is 10.5 Å². The highest BCUT2D eigenvalue weighted by molar-refractivity contribution is 5.40. The molecular weight excluding hydrogens is 324 g/mol. The van der Waals surface area contributed by atoms with E-state index in [1.807, 2.05) is 0 Å². The first-order valence-electron chi connectivity index (χ1n) is 10.3. The minimum atomic E-state index is 0.286. The maximum absolute atomic E-state index is 9.46. The molecule has 3 heterocycles. The molecule has 1 N–H and O–H groups in total. The van der Waals surface area contributed by atoms with Crippen LogP contribution in [-0.4, -0.2) is 73.6 Å². The van der Waals surface area contributed by atoms with Crippen LogP contribution in [-0.2, 0) is 0 Å². The summed E-state index contributed by atoms with van der Waals surface area (Å²) in [6.45, 7) is 9.56. The van der Waals surface area contributed by atoms with Crippen molar-refractivity contribution in [3.8, 4) is 12.1 Å². The Bertz CT molecular complexity index is 544. The Labute approximate surface area is 158 Å². The molecule has 3 aliphatic rings. The Kier molecular flexibility index (Phi) is 7.17. The molecule has 0 aromatic carbocycles. The quantitative estimate of drug-likeness (QED) is 0.731. The van der Waals surface area contributed by atoms with E-state index in [9.17, 15) is 10.5 Å². The van der Waals surface area contributed by atoms with Crippen LogP contribution >= 0.6 is 0 Å². The Balaban J connectivity index is 1.58. The second-order valence-corrected chi connectivity index (χ2v) is 7.80. The van der Waals surface area contributed by atoms with Crippen LogP contribution in [0.4, 0.5) is 0 Å². The Hall–Kier alpha value is -1.76. The number of hydrogen-bond donors (Lipinski definition) is 1. The molecule has 3 rings (SSSR count). The van der Waals surface area contributed by atoms with E-state index in [4.69, 9.17) is 0 Å². The van der Waals surface area contributed by atoms with Crippen molar-refractivity contribution in [2.75, 3.05) is 58.9 Å². The summed E-state index contributed by atoms with van der Waals surface area (Å²) >= 11 is 0. The first kappa shape index (κ1) is 19.0. The van der Waals surface area contributed by atoms with Crippen molar-refractivity contribution in [1.29, 1.82) is 10.5 Å². The van der Waals surface area contributed by atoms with E-state index in [-0.39, 0.29) is 5.57 Å². The second-order valence-electron chi connectivity index (χ2n) is 7.80. The van der Waals surface area contributed by atoms with Gasteiger partial charge in [-0.05, 0) is 70.7 Å². The zero-order chi connectivity index (χ0) is 18.2. The molecular formula is C20H32N6. The van der Waals surface area contributed by atoms with E-state index < -0.39 is 0 Å². The lowest BCUT2D eigenvalue weighted by Gasteiger charge is -2.31. The fourth-order valence-electron chi connectivity index (χ4n) is 4.53. The minimum absolute atomic E-state index is 0.286. The number of nitriles is 2. The van der Waals surface area contributed by atoms with Crippen molar-refractivity contribution in [2.24, 2.45) is 5.92 Å². The van der Waals surface area contributed by atoms with Crippen LogP contribution in [0, 0.1) is 28.6 Å². The Morgan fingerprint density at radius 2 is 1.62 bits per heavy atom. The first-order chi connectivity index (χ1) is 12.8. The lowest BCUT2D eigenvalue weighted by molar-refractivity contribution is 0.212. The third-order valence-electron chi connectivity index (χ3n) is 5.97. The SMILES string of the molecule is N#CC(C#N)=C1N(CCCN2CCCCC2)CCN1CC1CCNCC1. The van der Waals surface area contributed by atoms with Crippen molar-refractivity contribution < 1.29 is 0 Å². The van der Waals surface area contributed by atoms with Crippen molar-refractivity contribution in [2.45, 2.75) is 38.5 Å².